The summed E-state index contributed by atoms with van der Waals surface area (Å²) in [5, 5.41) is 14.5. The van der Waals surface area contributed by atoms with Gasteiger partial charge in [-0.3, -0.25) is 0 Å². The van der Waals surface area contributed by atoms with Crippen LogP contribution >= 0.6 is 58.0 Å². The third kappa shape index (κ3) is 13.7. The maximum atomic E-state index is 14.0. The zero-order chi connectivity index (χ0) is 49.3. The van der Waals surface area contributed by atoms with Gasteiger partial charge in [0, 0.05) is 30.7 Å². The molecule has 3 saturated heterocycles. The van der Waals surface area contributed by atoms with E-state index >= 15 is 0 Å². The van der Waals surface area contributed by atoms with Crippen molar-refractivity contribution in [1.82, 2.24) is 0 Å². The second-order valence-electron chi connectivity index (χ2n) is 17.1. The Kier molecular flexibility index (Phi) is 18.0. The van der Waals surface area contributed by atoms with Gasteiger partial charge < -0.3 is 52.5 Å². The highest BCUT2D eigenvalue weighted by Gasteiger charge is 2.56. The van der Waals surface area contributed by atoms with Crippen LogP contribution in [0.1, 0.15) is 44.5 Å². The summed E-state index contributed by atoms with van der Waals surface area (Å²) in [6, 6.07) is 44.6. The Hall–Kier alpha value is -4.16. The Balaban J connectivity index is 1.11. The van der Waals surface area contributed by atoms with Gasteiger partial charge in [-0.15, -0.1) is 0 Å². The molecule has 0 spiro atoms. The first-order valence-electron chi connectivity index (χ1n) is 22.9. The number of esters is 1. The van der Waals surface area contributed by atoms with E-state index in [4.69, 9.17) is 105 Å². The lowest BCUT2D eigenvalue weighted by Crippen LogP contribution is -2.67. The molecule has 0 amide bonds. The van der Waals surface area contributed by atoms with E-state index in [1.54, 1.807) is 60.7 Å². The highest BCUT2D eigenvalue weighted by Crippen LogP contribution is 2.40. The second kappa shape index (κ2) is 24.7. The Morgan fingerprint density at radius 3 is 1.54 bits per heavy atom. The molecule has 3 fully saturated rings. The number of benzene rings is 6. The van der Waals surface area contributed by atoms with Crippen molar-refractivity contribution in [3.8, 4) is 0 Å². The number of ether oxygens (including phenoxy) is 10. The van der Waals surface area contributed by atoms with Crippen LogP contribution in [0.4, 0.5) is 0 Å². The number of halogens is 5. The van der Waals surface area contributed by atoms with Crippen LogP contribution in [-0.2, 0) is 73.8 Å². The van der Waals surface area contributed by atoms with Gasteiger partial charge in [0.25, 0.3) is 0 Å². The third-order valence-electron chi connectivity index (χ3n) is 12.1. The maximum Gasteiger partial charge on any atom is 0.338 e. The molecule has 3 heterocycles. The first-order chi connectivity index (χ1) is 34.5. The molecular weight excluding hydrogens is 1020 g/mol. The Morgan fingerprint density at radius 1 is 0.521 bits per heavy atom. The maximum absolute atomic E-state index is 14.0. The minimum absolute atomic E-state index is 0.00434. The van der Waals surface area contributed by atoms with Crippen molar-refractivity contribution in [3.63, 3.8) is 0 Å². The van der Waals surface area contributed by atoms with Gasteiger partial charge in [-0.1, -0.05) is 137 Å². The van der Waals surface area contributed by atoms with E-state index in [1.807, 2.05) is 78.9 Å². The summed E-state index contributed by atoms with van der Waals surface area (Å²) in [4.78, 5) is 14.0. The molecule has 3 unspecified atom stereocenters. The SMILES string of the molecule is O=C(O[C@H]1C(O)O[C@@H]2COC(c3ccccc3)O[C@@H]2[C@@H]1OC1O[C@H](COCc2ccc(Cl)cc2)[C@H](OCc2ccc(Cl)cc2)[C@H](OCc2ccc(Cl)cc2)[C@H]1OCc1ccc(Cl)cc1)c1ccc(Cl)cc1. The first-order valence-corrected chi connectivity index (χ1v) is 24.8. The first kappa shape index (κ1) is 51.7. The lowest BCUT2D eigenvalue weighted by atomic mass is 9.95. The number of aliphatic hydroxyl groups is 1. The minimum Gasteiger partial charge on any atom is -0.450 e. The molecule has 1 N–H and O–H groups in total. The topological polar surface area (TPSA) is 130 Å². The van der Waals surface area contributed by atoms with Crippen molar-refractivity contribution >= 4 is 64.0 Å². The predicted octanol–water partition coefficient (Wildman–Crippen LogP) is 11.4. The highest BCUT2D eigenvalue weighted by molar-refractivity contribution is 6.31. The highest BCUT2D eigenvalue weighted by atomic mass is 35.5. The molecule has 0 radical (unpaired) electrons. The average Bonchev–Trinajstić information content (AvgIpc) is 3.38. The van der Waals surface area contributed by atoms with Crippen molar-refractivity contribution in [2.75, 3.05) is 13.2 Å². The molecule has 3 aliphatic rings. The number of carbonyl (C=O) groups is 1. The summed E-state index contributed by atoms with van der Waals surface area (Å²) in [6.07, 6.45) is -12.4. The Labute approximate surface area is 436 Å². The van der Waals surface area contributed by atoms with Crippen molar-refractivity contribution in [3.05, 3.63) is 210 Å². The van der Waals surface area contributed by atoms with E-state index in [-0.39, 0.29) is 45.2 Å². The van der Waals surface area contributed by atoms with Crippen LogP contribution < -0.4 is 0 Å². The smallest absolute Gasteiger partial charge is 0.338 e. The standard InChI is InChI=1S/C54H49Cl5O12/c55-38-16-6-32(7-17-38)26-62-30-43-45(63-27-33-8-18-39(56)19-9-33)47(64-28-34-10-20-40(57)21-11-34)50(65-29-35-12-22-41(58)23-13-35)54(68-43)71-48-46-44(31-66-53(70-46)37-4-2-1-3-5-37)67-52(61)49(48)69-51(60)36-14-24-42(59)25-15-36/h1-25,43-50,52-54,61H,26-31H2/t43-,44-,45+,46+,47+,48+,49-,50-,52?,53?,54?/m1/s1. The molecule has 0 bridgehead atoms. The van der Waals surface area contributed by atoms with Crippen molar-refractivity contribution in [2.45, 2.75) is 94.1 Å². The molecule has 9 rings (SSSR count). The van der Waals surface area contributed by atoms with Crippen molar-refractivity contribution < 1.29 is 57.3 Å². The quantitative estimate of drug-likeness (QED) is 0.0823. The van der Waals surface area contributed by atoms with E-state index in [0.717, 1.165) is 27.8 Å². The van der Waals surface area contributed by atoms with Crippen LogP contribution in [0.25, 0.3) is 0 Å². The van der Waals surface area contributed by atoms with E-state index in [1.165, 1.54) is 12.1 Å². The molecule has 12 nitrogen and oxygen atoms in total. The van der Waals surface area contributed by atoms with Crippen LogP contribution in [0.3, 0.4) is 0 Å². The molecule has 6 aromatic rings. The molecule has 372 valence electrons. The summed E-state index contributed by atoms with van der Waals surface area (Å²) >= 11 is 31.3. The van der Waals surface area contributed by atoms with Crippen LogP contribution in [0.2, 0.25) is 25.1 Å². The summed E-state index contributed by atoms with van der Waals surface area (Å²) in [5.41, 5.74) is 4.19. The molecule has 0 aliphatic carbocycles. The van der Waals surface area contributed by atoms with Gasteiger partial charge >= 0.3 is 5.97 Å². The predicted molar refractivity (Wildman–Crippen MR) is 266 cm³/mol. The molecule has 11 atom stereocenters. The molecule has 0 aromatic heterocycles. The number of hydrogen-bond acceptors (Lipinski definition) is 12. The monoisotopic (exact) mass is 1060 g/mol. The van der Waals surface area contributed by atoms with Gasteiger partial charge in [0.15, 0.2) is 25.0 Å². The number of aliphatic hydroxyl groups excluding tert-OH is 1. The second-order valence-corrected chi connectivity index (χ2v) is 19.3. The zero-order valence-corrected chi connectivity index (χ0v) is 41.6. The van der Waals surface area contributed by atoms with Gasteiger partial charge in [0.2, 0.25) is 0 Å². The van der Waals surface area contributed by atoms with Gasteiger partial charge in [-0.05, 0) is 95.1 Å². The molecule has 3 aliphatic heterocycles. The fourth-order valence-corrected chi connectivity index (χ4v) is 9.07. The number of hydrogen-bond donors (Lipinski definition) is 1. The van der Waals surface area contributed by atoms with Gasteiger partial charge in [0.1, 0.15) is 42.7 Å². The van der Waals surface area contributed by atoms with E-state index < -0.39 is 73.7 Å². The summed E-state index contributed by atoms with van der Waals surface area (Å²) < 4.78 is 66.4. The number of carbonyl (C=O) groups excluding carboxylic acids is 1. The van der Waals surface area contributed by atoms with Crippen molar-refractivity contribution in [1.29, 1.82) is 0 Å². The van der Waals surface area contributed by atoms with Gasteiger partial charge in [-0.25, -0.2) is 4.79 Å². The zero-order valence-electron chi connectivity index (χ0n) is 37.9. The summed E-state index contributed by atoms with van der Waals surface area (Å²) in [5.74, 6) is -0.776. The average molecular weight is 1070 g/mol. The molecule has 71 heavy (non-hydrogen) atoms. The Morgan fingerprint density at radius 2 is 1.00 bits per heavy atom. The van der Waals surface area contributed by atoms with Gasteiger partial charge in [-0.2, -0.15) is 0 Å². The number of rotatable bonds is 18. The van der Waals surface area contributed by atoms with E-state index in [0.29, 0.717) is 25.1 Å². The molecule has 0 saturated carbocycles. The van der Waals surface area contributed by atoms with Crippen LogP contribution in [0, 0.1) is 0 Å². The lowest BCUT2D eigenvalue weighted by Gasteiger charge is -2.51. The van der Waals surface area contributed by atoms with Crippen LogP contribution in [-0.4, -0.2) is 85.7 Å². The van der Waals surface area contributed by atoms with E-state index in [2.05, 4.69) is 0 Å². The fourth-order valence-electron chi connectivity index (χ4n) is 8.44. The fraction of sp³-hybridized carbons (Fsp3) is 0.315. The molecular formula is C54H49Cl5O12. The summed E-state index contributed by atoms with van der Waals surface area (Å²) in [6.45, 7) is 0.447. The van der Waals surface area contributed by atoms with Crippen LogP contribution in [0.5, 0.6) is 0 Å². The molecule has 6 aromatic carbocycles. The van der Waals surface area contributed by atoms with Gasteiger partial charge in [0.05, 0.1) is 45.2 Å². The number of fused-ring (bicyclic) bond motifs is 1. The minimum atomic E-state index is -1.71. The lowest BCUT2D eigenvalue weighted by molar-refractivity contribution is -0.393. The van der Waals surface area contributed by atoms with E-state index in [9.17, 15) is 9.90 Å². The summed E-state index contributed by atoms with van der Waals surface area (Å²) in [7, 11) is 0. The largest absolute Gasteiger partial charge is 0.450 e. The normalized spacial score (nSPS) is 26.4. The molecule has 17 heteroatoms. The van der Waals surface area contributed by atoms with Crippen LogP contribution in [0.15, 0.2) is 152 Å². The third-order valence-corrected chi connectivity index (χ3v) is 13.4. The van der Waals surface area contributed by atoms with Crippen molar-refractivity contribution in [2.24, 2.45) is 0 Å². The Bertz CT molecular complexity index is 2610.